The van der Waals surface area contributed by atoms with Gasteiger partial charge in [0.25, 0.3) is 5.91 Å². The van der Waals surface area contributed by atoms with Crippen molar-refractivity contribution >= 4 is 5.91 Å². The number of carbonyl (C=O) groups is 1. The Hall–Kier alpha value is -1.55. The number of amides is 1. The molecule has 1 aromatic carbocycles. The van der Waals surface area contributed by atoms with E-state index in [0.29, 0.717) is 23.8 Å². The highest BCUT2D eigenvalue weighted by atomic mass is 16.5. The van der Waals surface area contributed by atoms with Gasteiger partial charge in [0.15, 0.2) is 0 Å². The van der Waals surface area contributed by atoms with Gasteiger partial charge in [0, 0.05) is 6.54 Å². The van der Waals surface area contributed by atoms with Crippen LogP contribution in [0, 0.1) is 5.92 Å². The van der Waals surface area contributed by atoms with Crippen molar-refractivity contribution in [2.75, 3.05) is 33.3 Å². The lowest BCUT2D eigenvalue weighted by molar-refractivity contribution is 0.0935. The molecule has 1 aliphatic heterocycles. The lowest BCUT2D eigenvalue weighted by atomic mass is 9.97. The van der Waals surface area contributed by atoms with Crippen LogP contribution in [-0.4, -0.2) is 44.1 Å². The van der Waals surface area contributed by atoms with Crippen LogP contribution < -0.4 is 10.1 Å². The van der Waals surface area contributed by atoms with E-state index in [1.165, 1.54) is 0 Å². The number of para-hydroxylation sites is 1. The van der Waals surface area contributed by atoms with Gasteiger partial charge in [0.2, 0.25) is 0 Å². The van der Waals surface area contributed by atoms with E-state index in [4.69, 9.17) is 4.74 Å². The summed E-state index contributed by atoms with van der Waals surface area (Å²) in [6, 6.07) is 7.41. The van der Waals surface area contributed by atoms with Crippen LogP contribution >= 0.6 is 0 Å². The number of rotatable bonds is 5. The third kappa shape index (κ3) is 3.97. The van der Waals surface area contributed by atoms with Crippen molar-refractivity contribution in [2.45, 2.75) is 19.8 Å². The van der Waals surface area contributed by atoms with Gasteiger partial charge in [0.05, 0.1) is 12.2 Å². The molecule has 0 bridgehead atoms. The minimum absolute atomic E-state index is 0.0343. The molecule has 0 spiro atoms. The molecule has 0 unspecified atom stereocenters. The minimum atomic E-state index is -0.0343. The summed E-state index contributed by atoms with van der Waals surface area (Å²) in [6.45, 7) is 5.49. The number of carbonyl (C=O) groups excluding carboxylic acids is 1. The Balaban J connectivity index is 1.88. The highest BCUT2D eigenvalue weighted by Gasteiger charge is 2.18. The third-order valence-electron chi connectivity index (χ3n) is 3.82. The summed E-state index contributed by atoms with van der Waals surface area (Å²) in [5, 5.41) is 3.04. The summed E-state index contributed by atoms with van der Waals surface area (Å²) in [5.74, 6) is 1.22. The SMILES string of the molecule is CCOc1ccccc1C(=O)NCC1CCN(C)CC1. The Morgan fingerprint density at radius 2 is 2.05 bits per heavy atom. The fourth-order valence-corrected chi connectivity index (χ4v) is 2.53. The number of nitrogens with one attached hydrogen (secondary N) is 1. The average molecular weight is 276 g/mol. The van der Waals surface area contributed by atoms with Gasteiger partial charge in [-0.05, 0) is 58.0 Å². The molecule has 0 atom stereocenters. The van der Waals surface area contributed by atoms with Gasteiger partial charge in [-0.3, -0.25) is 4.79 Å². The molecule has 0 saturated carbocycles. The topological polar surface area (TPSA) is 41.6 Å². The first-order valence-corrected chi connectivity index (χ1v) is 7.39. The second-order valence-electron chi connectivity index (χ2n) is 5.39. The van der Waals surface area contributed by atoms with Crippen molar-refractivity contribution in [3.05, 3.63) is 29.8 Å². The average Bonchev–Trinajstić information content (AvgIpc) is 2.47. The van der Waals surface area contributed by atoms with Crippen molar-refractivity contribution in [3.8, 4) is 5.75 Å². The van der Waals surface area contributed by atoms with Crippen LogP contribution in [0.25, 0.3) is 0 Å². The molecule has 4 heteroatoms. The summed E-state index contributed by atoms with van der Waals surface area (Å²) in [7, 11) is 2.15. The van der Waals surface area contributed by atoms with Crippen LogP contribution in [0.2, 0.25) is 0 Å². The van der Waals surface area contributed by atoms with E-state index >= 15 is 0 Å². The Morgan fingerprint density at radius 3 is 2.75 bits per heavy atom. The van der Waals surface area contributed by atoms with Crippen molar-refractivity contribution in [2.24, 2.45) is 5.92 Å². The van der Waals surface area contributed by atoms with E-state index in [1.54, 1.807) is 0 Å². The fourth-order valence-electron chi connectivity index (χ4n) is 2.53. The van der Waals surface area contributed by atoms with Gasteiger partial charge in [-0.2, -0.15) is 0 Å². The highest BCUT2D eigenvalue weighted by molar-refractivity contribution is 5.96. The molecule has 1 fully saturated rings. The first kappa shape index (κ1) is 14.9. The summed E-state index contributed by atoms with van der Waals surface area (Å²) in [4.78, 5) is 14.6. The van der Waals surface area contributed by atoms with E-state index < -0.39 is 0 Å². The molecular formula is C16H24N2O2. The van der Waals surface area contributed by atoms with E-state index in [2.05, 4.69) is 17.3 Å². The quantitative estimate of drug-likeness (QED) is 0.896. The van der Waals surface area contributed by atoms with Crippen LogP contribution in [0.4, 0.5) is 0 Å². The summed E-state index contributed by atoms with van der Waals surface area (Å²) in [5.41, 5.74) is 0.627. The zero-order chi connectivity index (χ0) is 14.4. The maximum Gasteiger partial charge on any atom is 0.255 e. The molecule has 1 saturated heterocycles. The summed E-state index contributed by atoms with van der Waals surface area (Å²) in [6.07, 6.45) is 2.31. The fraction of sp³-hybridized carbons (Fsp3) is 0.562. The predicted octanol–water partition coefficient (Wildman–Crippen LogP) is 2.16. The lowest BCUT2D eigenvalue weighted by Crippen LogP contribution is -2.37. The van der Waals surface area contributed by atoms with Crippen LogP contribution in [0.3, 0.4) is 0 Å². The first-order valence-electron chi connectivity index (χ1n) is 7.39. The molecule has 0 aliphatic carbocycles. The molecule has 1 amide bonds. The van der Waals surface area contributed by atoms with Crippen LogP contribution in [0.1, 0.15) is 30.1 Å². The van der Waals surface area contributed by atoms with Gasteiger partial charge < -0.3 is 15.0 Å². The van der Waals surface area contributed by atoms with Crippen molar-refractivity contribution < 1.29 is 9.53 Å². The standard InChI is InChI=1S/C16H24N2O2/c1-3-20-15-7-5-4-6-14(15)16(19)17-12-13-8-10-18(2)11-9-13/h4-7,13H,3,8-12H2,1-2H3,(H,17,19). The van der Waals surface area contributed by atoms with E-state index in [9.17, 15) is 4.79 Å². The number of ether oxygens (including phenoxy) is 1. The summed E-state index contributed by atoms with van der Waals surface area (Å²) < 4.78 is 5.50. The van der Waals surface area contributed by atoms with Crippen LogP contribution in [0.5, 0.6) is 5.75 Å². The first-order chi connectivity index (χ1) is 9.70. The second kappa shape index (κ2) is 7.29. The van der Waals surface area contributed by atoms with Gasteiger partial charge >= 0.3 is 0 Å². The van der Waals surface area contributed by atoms with Gasteiger partial charge in [-0.15, -0.1) is 0 Å². The molecule has 1 aliphatic rings. The molecule has 0 aromatic heterocycles. The highest BCUT2D eigenvalue weighted by Crippen LogP contribution is 2.19. The van der Waals surface area contributed by atoms with E-state index in [0.717, 1.165) is 32.5 Å². The third-order valence-corrected chi connectivity index (χ3v) is 3.82. The number of hydrogen-bond donors (Lipinski definition) is 1. The summed E-state index contributed by atoms with van der Waals surface area (Å²) >= 11 is 0. The van der Waals surface area contributed by atoms with E-state index in [1.807, 2.05) is 31.2 Å². The number of likely N-dealkylation sites (tertiary alicyclic amines) is 1. The number of nitrogens with zero attached hydrogens (tertiary/aromatic N) is 1. The maximum atomic E-state index is 12.2. The van der Waals surface area contributed by atoms with Gasteiger partial charge in [-0.25, -0.2) is 0 Å². The minimum Gasteiger partial charge on any atom is -0.493 e. The molecule has 1 aromatic rings. The van der Waals surface area contributed by atoms with Crippen molar-refractivity contribution in [1.82, 2.24) is 10.2 Å². The van der Waals surface area contributed by atoms with E-state index in [-0.39, 0.29) is 5.91 Å². The number of piperidine rings is 1. The Labute approximate surface area is 121 Å². The zero-order valence-electron chi connectivity index (χ0n) is 12.4. The smallest absolute Gasteiger partial charge is 0.255 e. The second-order valence-corrected chi connectivity index (χ2v) is 5.39. The lowest BCUT2D eigenvalue weighted by Gasteiger charge is -2.29. The predicted molar refractivity (Wildman–Crippen MR) is 80.2 cm³/mol. The Bertz CT molecular complexity index is 440. The molecule has 2 rings (SSSR count). The van der Waals surface area contributed by atoms with Crippen molar-refractivity contribution in [3.63, 3.8) is 0 Å². The van der Waals surface area contributed by atoms with Crippen LogP contribution in [-0.2, 0) is 0 Å². The zero-order valence-corrected chi connectivity index (χ0v) is 12.4. The maximum absolute atomic E-state index is 12.2. The normalized spacial score (nSPS) is 16.9. The number of benzene rings is 1. The largest absolute Gasteiger partial charge is 0.493 e. The number of hydrogen-bond acceptors (Lipinski definition) is 3. The molecular weight excluding hydrogens is 252 g/mol. The molecule has 1 N–H and O–H groups in total. The monoisotopic (exact) mass is 276 g/mol. The van der Waals surface area contributed by atoms with Gasteiger partial charge in [-0.1, -0.05) is 12.1 Å². The molecule has 110 valence electrons. The molecule has 4 nitrogen and oxygen atoms in total. The van der Waals surface area contributed by atoms with Gasteiger partial charge in [0.1, 0.15) is 5.75 Å². The van der Waals surface area contributed by atoms with Crippen LogP contribution in [0.15, 0.2) is 24.3 Å². The molecule has 0 radical (unpaired) electrons. The molecule has 20 heavy (non-hydrogen) atoms. The molecule has 1 heterocycles. The Morgan fingerprint density at radius 1 is 1.35 bits per heavy atom. The Kier molecular flexibility index (Phi) is 5.41. The van der Waals surface area contributed by atoms with Crippen molar-refractivity contribution in [1.29, 1.82) is 0 Å².